The predicted molar refractivity (Wildman–Crippen MR) is 94.7 cm³/mol. The molecular weight excluding hydrogens is 322 g/mol. The normalized spacial score (nSPS) is 24.8. The number of carbonyl (C=O) groups is 2. The minimum atomic E-state index is -0.858. The molecule has 1 amide bonds. The second-order valence-corrected chi connectivity index (χ2v) is 6.75. The van der Waals surface area contributed by atoms with Crippen LogP contribution in [0, 0.1) is 5.92 Å². The molecule has 0 aromatic carbocycles. The number of nitrogens with one attached hydrogen (secondary N) is 2. The first-order chi connectivity index (χ1) is 12.0. The smallest absolute Gasteiger partial charge is 0.320 e. The zero-order valence-corrected chi connectivity index (χ0v) is 14.4. The summed E-state index contributed by atoms with van der Waals surface area (Å²) in [7, 11) is 2.10. The van der Waals surface area contributed by atoms with Gasteiger partial charge in [-0.2, -0.15) is 0 Å². The molecule has 2 aliphatic rings. The molecule has 3 heterocycles. The van der Waals surface area contributed by atoms with Crippen LogP contribution in [0.15, 0.2) is 18.5 Å². The van der Waals surface area contributed by atoms with Crippen LogP contribution in [0.1, 0.15) is 12.8 Å². The molecule has 136 valence electrons. The van der Waals surface area contributed by atoms with Crippen molar-refractivity contribution < 1.29 is 14.7 Å². The number of piperidine rings is 1. The summed E-state index contributed by atoms with van der Waals surface area (Å²) in [4.78, 5) is 32.2. The van der Waals surface area contributed by atoms with Crippen LogP contribution >= 0.6 is 0 Å². The maximum absolute atomic E-state index is 12.6. The van der Waals surface area contributed by atoms with Crippen molar-refractivity contribution in [1.29, 1.82) is 0 Å². The molecule has 3 rings (SSSR count). The van der Waals surface area contributed by atoms with Crippen molar-refractivity contribution in [1.82, 2.24) is 15.2 Å². The molecule has 2 saturated heterocycles. The SMILES string of the molecule is CN1CCN(c2ccncc2NC(=O)C2CCC(C(=O)O)NC2)CC1. The highest BCUT2D eigenvalue weighted by Gasteiger charge is 2.29. The third-order valence-corrected chi connectivity index (χ3v) is 4.98. The van der Waals surface area contributed by atoms with E-state index in [9.17, 15) is 9.59 Å². The predicted octanol–water partition coefficient (Wildman–Crippen LogP) is 0.225. The van der Waals surface area contributed by atoms with Gasteiger partial charge in [0.25, 0.3) is 0 Å². The fourth-order valence-electron chi connectivity index (χ4n) is 3.33. The van der Waals surface area contributed by atoms with Gasteiger partial charge in [-0.25, -0.2) is 0 Å². The summed E-state index contributed by atoms with van der Waals surface area (Å²) < 4.78 is 0. The van der Waals surface area contributed by atoms with Crippen LogP contribution in [0.3, 0.4) is 0 Å². The standard InChI is InChI=1S/C17H25N5O3/c1-21-6-8-22(9-7-21)15-4-5-18-11-14(15)20-16(23)12-2-3-13(17(24)25)19-10-12/h4-5,11-13,19H,2-3,6-10H2,1H3,(H,20,23)(H,24,25). The number of amides is 1. The number of carboxylic acids is 1. The lowest BCUT2D eigenvalue weighted by molar-refractivity contribution is -0.141. The van der Waals surface area contributed by atoms with E-state index in [-0.39, 0.29) is 11.8 Å². The summed E-state index contributed by atoms with van der Waals surface area (Å²) in [6, 6.07) is 1.38. The highest BCUT2D eigenvalue weighted by molar-refractivity contribution is 5.96. The molecule has 2 aliphatic heterocycles. The van der Waals surface area contributed by atoms with Crippen LogP contribution in [0.25, 0.3) is 0 Å². The molecule has 25 heavy (non-hydrogen) atoms. The monoisotopic (exact) mass is 347 g/mol. The molecule has 2 unspecified atom stereocenters. The molecule has 2 fully saturated rings. The molecular formula is C17H25N5O3. The van der Waals surface area contributed by atoms with E-state index in [2.05, 4.69) is 32.5 Å². The van der Waals surface area contributed by atoms with Crippen LogP contribution in [-0.2, 0) is 9.59 Å². The Morgan fingerprint density at radius 1 is 1.28 bits per heavy atom. The van der Waals surface area contributed by atoms with Gasteiger partial charge in [0, 0.05) is 38.9 Å². The third kappa shape index (κ3) is 4.26. The van der Waals surface area contributed by atoms with Crippen LogP contribution in [-0.4, -0.2) is 72.7 Å². The number of aromatic nitrogens is 1. The van der Waals surface area contributed by atoms with Gasteiger partial charge in [-0.05, 0) is 26.0 Å². The van der Waals surface area contributed by atoms with E-state index in [0.29, 0.717) is 19.4 Å². The second kappa shape index (κ2) is 7.79. The van der Waals surface area contributed by atoms with Crippen LogP contribution in [0.5, 0.6) is 0 Å². The minimum absolute atomic E-state index is 0.0836. The van der Waals surface area contributed by atoms with Gasteiger partial charge in [0.15, 0.2) is 0 Å². The van der Waals surface area contributed by atoms with Crippen molar-refractivity contribution >= 4 is 23.3 Å². The first-order valence-electron chi connectivity index (χ1n) is 8.69. The van der Waals surface area contributed by atoms with Crippen molar-refractivity contribution in [3.8, 4) is 0 Å². The summed E-state index contributed by atoms with van der Waals surface area (Å²) in [6.45, 7) is 4.17. The van der Waals surface area contributed by atoms with Gasteiger partial charge in [-0.1, -0.05) is 0 Å². The molecule has 8 heteroatoms. The minimum Gasteiger partial charge on any atom is -0.480 e. The molecule has 0 bridgehead atoms. The van der Waals surface area contributed by atoms with E-state index in [1.807, 2.05) is 6.07 Å². The van der Waals surface area contributed by atoms with Gasteiger partial charge in [-0.3, -0.25) is 14.6 Å². The van der Waals surface area contributed by atoms with E-state index < -0.39 is 12.0 Å². The Balaban J connectivity index is 1.63. The Morgan fingerprint density at radius 3 is 2.68 bits per heavy atom. The van der Waals surface area contributed by atoms with E-state index in [1.165, 1.54) is 0 Å². The van der Waals surface area contributed by atoms with Gasteiger partial charge in [0.2, 0.25) is 5.91 Å². The molecule has 1 aromatic heterocycles. The first-order valence-corrected chi connectivity index (χ1v) is 8.69. The van der Waals surface area contributed by atoms with Gasteiger partial charge < -0.3 is 25.5 Å². The van der Waals surface area contributed by atoms with Crippen molar-refractivity contribution in [2.75, 3.05) is 50.0 Å². The van der Waals surface area contributed by atoms with Gasteiger partial charge in [-0.15, -0.1) is 0 Å². The van der Waals surface area contributed by atoms with E-state index >= 15 is 0 Å². The lowest BCUT2D eigenvalue weighted by atomic mass is 9.94. The Morgan fingerprint density at radius 2 is 2.04 bits per heavy atom. The number of anilines is 2. The maximum Gasteiger partial charge on any atom is 0.320 e. The summed E-state index contributed by atoms with van der Waals surface area (Å²) in [5.74, 6) is -1.17. The van der Waals surface area contributed by atoms with Crippen LogP contribution in [0.2, 0.25) is 0 Å². The second-order valence-electron chi connectivity index (χ2n) is 6.75. The number of carboxylic acid groups (broad SMARTS) is 1. The molecule has 0 radical (unpaired) electrons. The molecule has 0 aliphatic carbocycles. The Kier molecular flexibility index (Phi) is 5.50. The van der Waals surface area contributed by atoms with E-state index in [1.54, 1.807) is 12.4 Å². The van der Waals surface area contributed by atoms with Gasteiger partial charge in [0.1, 0.15) is 6.04 Å². The van der Waals surface area contributed by atoms with Crippen molar-refractivity contribution in [2.45, 2.75) is 18.9 Å². The average molecular weight is 347 g/mol. The zero-order valence-electron chi connectivity index (χ0n) is 14.4. The highest BCUT2D eigenvalue weighted by atomic mass is 16.4. The van der Waals surface area contributed by atoms with Gasteiger partial charge in [0.05, 0.1) is 23.5 Å². The van der Waals surface area contributed by atoms with E-state index in [4.69, 9.17) is 5.11 Å². The summed E-state index contributed by atoms with van der Waals surface area (Å²) in [5.41, 5.74) is 1.71. The quantitative estimate of drug-likeness (QED) is 0.717. The summed E-state index contributed by atoms with van der Waals surface area (Å²) >= 11 is 0. The molecule has 1 aromatic rings. The molecule has 0 saturated carbocycles. The van der Waals surface area contributed by atoms with Crippen molar-refractivity contribution in [3.63, 3.8) is 0 Å². The Labute approximate surface area is 147 Å². The highest BCUT2D eigenvalue weighted by Crippen LogP contribution is 2.27. The number of hydrogen-bond acceptors (Lipinski definition) is 6. The van der Waals surface area contributed by atoms with Crippen LogP contribution < -0.4 is 15.5 Å². The van der Waals surface area contributed by atoms with Gasteiger partial charge >= 0.3 is 5.97 Å². The summed E-state index contributed by atoms with van der Waals surface area (Å²) in [6.07, 6.45) is 4.45. The van der Waals surface area contributed by atoms with E-state index in [0.717, 1.165) is 37.6 Å². The number of likely N-dealkylation sites (N-methyl/N-ethyl adjacent to an activating group) is 1. The molecule has 8 nitrogen and oxygen atoms in total. The lowest BCUT2D eigenvalue weighted by Crippen LogP contribution is -2.47. The summed E-state index contributed by atoms with van der Waals surface area (Å²) in [5, 5.41) is 14.9. The number of rotatable bonds is 4. The molecule has 2 atom stereocenters. The number of aliphatic carboxylic acids is 1. The van der Waals surface area contributed by atoms with Crippen molar-refractivity contribution in [2.24, 2.45) is 5.92 Å². The Hall–Kier alpha value is -2.19. The average Bonchev–Trinajstić information content (AvgIpc) is 2.63. The van der Waals surface area contributed by atoms with Crippen molar-refractivity contribution in [3.05, 3.63) is 18.5 Å². The Bertz CT molecular complexity index is 622. The maximum atomic E-state index is 12.6. The van der Waals surface area contributed by atoms with Crippen LogP contribution in [0.4, 0.5) is 11.4 Å². The topological polar surface area (TPSA) is 97.8 Å². The lowest BCUT2D eigenvalue weighted by Gasteiger charge is -2.35. The number of piperazine rings is 1. The fraction of sp³-hybridized carbons (Fsp3) is 0.588. The molecule has 3 N–H and O–H groups in total. The molecule has 0 spiro atoms. The number of hydrogen-bond donors (Lipinski definition) is 3. The fourth-order valence-corrected chi connectivity index (χ4v) is 3.33. The number of nitrogens with zero attached hydrogens (tertiary/aromatic N) is 3. The first kappa shape index (κ1) is 17.6. The third-order valence-electron chi connectivity index (χ3n) is 4.98. The number of pyridine rings is 1. The zero-order chi connectivity index (χ0) is 17.8. The number of carbonyl (C=O) groups excluding carboxylic acids is 1. The largest absolute Gasteiger partial charge is 0.480 e.